The SMILES string of the molecule is CN1CC2CC(C(=O)N[C@H](Cc3ccc(F)cc3)C(=O)N3CCC(C(=O)NC(C)(C)C)(C4CCCCC4)CC3)C[C@@H](C2)C1. The molecule has 5 rings (SSSR count). The van der Waals surface area contributed by atoms with Crippen LogP contribution >= 0.6 is 0 Å². The Balaban J connectivity index is 1.30. The minimum atomic E-state index is -0.715. The van der Waals surface area contributed by atoms with Crippen LogP contribution in [0.1, 0.15) is 90.5 Å². The number of fused-ring (bicyclic) bond motifs is 2. The first-order valence-electron chi connectivity index (χ1n) is 16.8. The quantitative estimate of drug-likeness (QED) is 0.468. The Morgan fingerprint density at radius 2 is 1.56 bits per heavy atom. The number of nitrogens with zero attached hydrogens (tertiary/aromatic N) is 2. The van der Waals surface area contributed by atoms with Gasteiger partial charge in [0.05, 0.1) is 5.41 Å². The number of carbonyl (C=O) groups is 3. The molecule has 2 unspecified atom stereocenters. The molecule has 8 heteroatoms. The van der Waals surface area contributed by atoms with Gasteiger partial charge in [-0.25, -0.2) is 4.39 Å². The number of halogens is 1. The Labute approximate surface area is 257 Å². The summed E-state index contributed by atoms with van der Waals surface area (Å²) in [6.07, 6.45) is 10.2. The summed E-state index contributed by atoms with van der Waals surface area (Å²) in [6.45, 7) is 9.13. The van der Waals surface area contributed by atoms with Crippen molar-refractivity contribution in [1.29, 1.82) is 0 Å². The number of piperidine rings is 2. The Hall–Kier alpha value is -2.48. The maximum Gasteiger partial charge on any atom is 0.245 e. The number of rotatable bonds is 7. The summed E-state index contributed by atoms with van der Waals surface area (Å²) >= 11 is 0. The molecular weight excluding hydrogens is 543 g/mol. The largest absolute Gasteiger partial charge is 0.351 e. The minimum absolute atomic E-state index is 0.0298. The van der Waals surface area contributed by atoms with E-state index in [9.17, 15) is 18.8 Å². The van der Waals surface area contributed by atoms with Crippen molar-refractivity contribution in [1.82, 2.24) is 20.4 Å². The first-order chi connectivity index (χ1) is 20.4. The molecule has 1 aromatic carbocycles. The third kappa shape index (κ3) is 7.79. The van der Waals surface area contributed by atoms with Crippen molar-refractivity contribution in [3.63, 3.8) is 0 Å². The molecule has 3 amide bonds. The van der Waals surface area contributed by atoms with Crippen molar-refractivity contribution >= 4 is 17.7 Å². The summed E-state index contributed by atoms with van der Waals surface area (Å²) in [7, 11) is 2.16. The highest BCUT2D eigenvalue weighted by molar-refractivity contribution is 5.89. The van der Waals surface area contributed by atoms with Crippen LogP contribution < -0.4 is 10.6 Å². The van der Waals surface area contributed by atoms with Gasteiger partial charge in [-0.15, -0.1) is 0 Å². The van der Waals surface area contributed by atoms with Gasteiger partial charge in [0.2, 0.25) is 17.7 Å². The van der Waals surface area contributed by atoms with E-state index in [1.807, 2.05) is 25.7 Å². The zero-order valence-electron chi connectivity index (χ0n) is 26.8. The van der Waals surface area contributed by atoms with Crippen LogP contribution in [0.3, 0.4) is 0 Å². The van der Waals surface area contributed by atoms with E-state index in [2.05, 4.69) is 22.6 Å². The molecular formula is C35H53FN4O3. The smallest absolute Gasteiger partial charge is 0.245 e. The summed E-state index contributed by atoms with van der Waals surface area (Å²) in [5.41, 5.74) is 0.0385. The second-order valence-electron chi connectivity index (χ2n) is 15.3. The van der Waals surface area contributed by atoms with Gasteiger partial charge < -0.3 is 20.4 Å². The number of hydrogen-bond acceptors (Lipinski definition) is 4. The number of likely N-dealkylation sites (tertiary alicyclic amines) is 2. The Morgan fingerprint density at radius 3 is 2.14 bits per heavy atom. The number of amides is 3. The van der Waals surface area contributed by atoms with Crippen LogP contribution in [-0.4, -0.2) is 72.3 Å². The van der Waals surface area contributed by atoms with Gasteiger partial charge in [0.25, 0.3) is 0 Å². The van der Waals surface area contributed by atoms with Crippen LogP contribution in [0.15, 0.2) is 24.3 Å². The van der Waals surface area contributed by atoms with Gasteiger partial charge in [0.1, 0.15) is 11.9 Å². The zero-order chi connectivity index (χ0) is 30.8. The molecule has 0 spiro atoms. The molecule has 43 heavy (non-hydrogen) atoms. The fraction of sp³-hybridized carbons (Fsp3) is 0.743. The van der Waals surface area contributed by atoms with Gasteiger partial charge in [0.15, 0.2) is 0 Å². The fourth-order valence-corrected chi connectivity index (χ4v) is 8.67. The normalized spacial score (nSPS) is 27.3. The van der Waals surface area contributed by atoms with Crippen LogP contribution in [-0.2, 0) is 20.8 Å². The van der Waals surface area contributed by atoms with Crippen LogP contribution in [0.2, 0.25) is 0 Å². The maximum absolute atomic E-state index is 14.1. The molecule has 2 aliphatic carbocycles. The van der Waals surface area contributed by atoms with E-state index in [0.717, 1.165) is 57.2 Å². The van der Waals surface area contributed by atoms with Gasteiger partial charge in [-0.3, -0.25) is 14.4 Å². The van der Waals surface area contributed by atoms with Crippen molar-refractivity contribution in [2.75, 3.05) is 33.2 Å². The molecule has 2 N–H and O–H groups in total. The predicted octanol–water partition coefficient (Wildman–Crippen LogP) is 4.93. The molecule has 2 bridgehead atoms. The lowest BCUT2D eigenvalue weighted by Crippen LogP contribution is -2.59. The number of hydrogen-bond donors (Lipinski definition) is 2. The summed E-state index contributed by atoms with van der Waals surface area (Å²) < 4.78 is 13.7. The molecule has 7 nitrogen and oxygen atoms in total. The van der Waals surface area contributed by atoms with Gasteiger partial charge >= 0.3 is 0 Å². The highest BCUT2D eigenvalue weighted by Crippen LogP contribution is 2.46. The summed E-state index contributed by atoms with van der Waals surface area (Å²) in [4.78, 5) is 45.9. The average molecular weight is 597 g/mol. The molecule has 2 heterocycles. The lowest BCUT2D eigenvalue weighted by molar-refractivity contribution is -0.147. The lowest BCUT2D eigenvalue weighted by atomic mass is 9.63. The number of benzene rings is 1. The topological polar surface area (TPSA) is 81.8 Å². The third-order valence-corrected chi connectivity index (χ3v) is 10.7. The minimum Gasteiger partial charge on any atom is -0.351 e. The second kappa shape index (κ2) is 13.3. The van der Waals surface area contributed by atoms with E-state index in [1.54, 1.807) is 12.1 Å². The number of carbonyl (C=O) groups excluding carboxylic acids is 3. The van der Waals surface area contributed by atoms with E-state index < -0.39 is 11.5 Å². The van der Waals surface area contributed by atoms with Crippen molar-refractivity contribution in [3.05, 3.63) is 35.6 Å². The van der Waals surface area contributed by atoms with Crippen molar-refractivity contribution in [3.8, 4) is 0 Å². The molecule has 0 aromatic heterocycles. The van der Waals surface area contributed by atoms with Crippen LogP contribution in [0.5, 0.6) is 0 Å². The van der Waals surface area contributed by atoms with Crippen molar-refractivity contribution in [2.45, 2.75) is 103 Å². The Morgan fingerprint density at radius 1 is 0.953 bits per heavy atom. The highest BCUT2D eigenvalue weighted by Gasteiger charge is 2.49. The highest BCUT2D eigenvalue weighted by atomic mass is 19.1. The molecule has 2 aliphatic heterocycles. The molecule has 2 saturated heterocycles. The first kappa shape index (κ1) is 31.9. The zero-order valence-corrected chi connectivity index (χ0v) is 26.8. The van der Waals surface area contributed by atoms with Crippen molar-refractivity contribution in [2.24, 2.45) is 29.1 Å². The van der Waals surface area contributed by atoms with Gasteiger partial charge in [-0.2, -0.15) is 0 Å². The van der Waals surface area contributed by atoms with Crippen LogP contribution in [0.25, 0.3) is 0 Å². The Kier molecular flexibility index (Phi) is 9.84. The third-order valence-electron chi connectivity index (χ3n) is 10.7. The number of nitrogens with one attached hydrogen (secondary N) is 2. The van der Waals surface area contributed by atoms with E-state index in [-0.39, 0.29) is 35.0 Å². The molecule has 4 aliphatic rings. The molecule has 4 fully saturated rings. The summed E-state index contributed by atoms with van der Waals surface area (Å²) in [6, 6.07) is 5.50. The fourth-order valence-electron chi connectivity index (χ4n) is 8.67. The lowest BCUT2D eigenvalue weighted by Gasteiger charge is -2.48. The van der Waals surface area contributed by atoms with Gasteiger partial charge in [-0.05, 0) is 108 Å². The molecule has 4 atom stereocenters. The van der Waals surface area contributed by atoms with Crippen LogP contribution in [0, 0.1) is 34.9 Å². The van der Waals surface area contributed by atoms with Crippen molar-refractivity contribution < 1.29 is 18.8 Å². The van der Waals surface area contributed by atoms with E-state index >= 15 is 0 Å². The Bertz CT molecular complexity index is 1120. The standard InChI is InChI=1S/C35H53FN4O3/c1-34(2,3)38-33(43)35(28-8-6-5-7-9-28)14-16-40(17-15-35)32(42)30(21-24-10-12-29(36)13-11-24)37-31(41)27-19-25-18-26(20-27)23-39(4)22-25/h10-13,25-28,30H,5-9,14-23H2,1-4H3,(H,37,41)(H,38,43)/t25-,26?,27?,30-/m1/s1. The molecule has 1 aromatic rings. The van der Waals surface area contributed by atoms with E-state index in [1.165, 1.54) is 25.0 Å². The molecule has 238 valence electrons. The maximum atomic E-state index is 14.1. The summed E-state index contributed by atoms with van der Waals surface area (Å²) in [5, 5.41) is 6.45. The predicted molar refractivity (Wildman–Crippen MR) is 167 cm³/mol. The van der Waals surface area contributed by atoms with Gasteiger partial charge in [-0.1, -0.05) is 31.4 Å². The molecule has 2 saturated carbocycles. The average Bonchev–Trinajstić information content (AvgIpc) is 2.96. The first-order valence-corrected chi connectivity index (χ1v) is 16.8. The molecule has 0 radical (unpaired) electrons. The summed E-state index contributed by atoms with van der Waals surface area (Å²) in [5.74, 6) is 0.978. The van der Waals surface area contributed by atoms with Crippen LogP contribution in [0.4, 0.5) is 4.39 Å². The monoisotopic (exact) mass is 596 g/mol. The second-order valence-corrected chi connectivity index (χ2v) is 15.3. The van der Waals surface area contributed by atoms with E-state index in [0.29, 0.717) is 50.1 Å². The van der Waals surface area contributed by atoms with E-state index in [4.69, 9.17) is 0 Å². The van der Waals surface area contributed by atoms with Gasteiger partial charge in [0, 0.05) is 44.1 Å².